The summed E-state index contributed by atoms with van der Waals surface area (Å²) in [4.78, 5) is 24.3. The maximum absolute atomic E-state index is 12.9. The number of ether oxygens (including phenoxy) is 2. The van der Waals surface area contributed by atoms with E-state index in [1.54, 1.807) is 0 Å². The quantitative estimate of drug-likeness (QED) is 0.514. The van der Waals surface area contributed by atoms with Crippen LogP contribution in [0, 0.1) is 0 Å². The standard InChI is InChI=1S/C19H28N2O6S/c1-14-7-4-5-11-21(14)28(24,25)17-9-6-8-16(13-17)19(23)27-15(2)18(22)20-10-12-26-3/h6,8-9,13-15H,4-5,7,10-12H2,1-3H3,(H,20,22)/t14-,15+/m1/s1. The van der Waals surface area contributed by atoms with Crippen LogP contribution in [0.15, 0.2) is 29.2 Å². The number of carbonyl (C=O) groups is 2. The van der Waals surface area contributed by atoms with Crippen LogP contribution in [0.3, 0.4) is 0 Å². The van der Waals surface area contributed by atoms with Crippen LogP contribution in [-0.4, -0.2) is 63.6 Å². The van der Waals surface area contributed by atoms with Crippen LogP contribution < -0.4 is 5.32 Å². The summed E-state index contributed by atoms with van der Waals surface area (Å²) in [5.74, 6) is -1.20. The summed E-state index contributed by atoms with van der Waals surface area (Å²) in [6.45, 7) is 4.46. The molecule has 1 aromatic rings. The van der Waals surface area contributed by atoms with E-state index in [4.69, 9.17) is 9.47 Å². The summed E-state index contributed by atoms with van der Waals surface area (Å²) < 4.78 is 37.4. The average Bonchev–Trinajstić information content (AvgIpc) is 2.68. The number of rotatable bonds is 8. The molecule has 0 radical (unpaired) electrons. The van der Waals surface area contributed by atoms with Gasteiger partial charge < -0.3 is 14.8 Å². The zero-order valence-corrected chi connectivity index (χ0v) is 17.3. The van der Waals surface area contributed by atoms with Crippen molar-refractivity contribution >= 4 is 21.9 Å². The molecule has 156 valence electrons. The van der Waals surface area contributed by atoms with E-state index >= 15 is 0 Å². The number of nitrogens with zero attached hydrogens (tertiary/aromatic N) is 1. The Morgan fingerprint density at radius 2 is 2.07 bits per heavy atom. The minimum Gasteiger partial charge on any atom is -0.449 e. The maximum atomic E-state index is 12.9. The second kappa shape index (κ2) is 9.99. The Morgan fingerprint density at radius 1 is 1.32 bits per heavy atom. The fourth-order valence-corrected chi connectivity index (χ4v) is 4.80. The smallest absolute Gasteiger partial charge is 0.338 e. The van der Waals surface area contributed by atoms with E-state index in [9.17, 15) is 18.0 Å². The van der Waals surface area contributed by atoms with Gasteiger partial charge in [-0.25, -0.2) is 13.2 Å². The van der Waals surface area contributed by atoms with Crippen LogP contribution in [0.4, 0.5) is 0 Å². The number of sulfonamides is 1. The molecule has 2 rings (SSSR count). The Labute approximate surface area is 166 Å². The summed E-state index contributed by atoms with van der Waals surface area (Å²) in [5.41, 5.74) is 0.0854. The Kier molecular flexibility index (Phi) is 7.97. The molecule has 0 bridgehead atoms. The van der Waals surface area contributed by atoms with Gasteiger partial charge in [-0.1, -0.05) is 12.5 Å². The number of hydrogen-bond acceptors (Lipinski definition) is 6. The van der Waals surface area contributed by atoms with Crippen molar-refractivity contribution in [2.75, 3.05) is 26.8 Å². The van der Waals surface area contributed by atoms with Crippen molar-refractivity contribution < 1.29 is 27.5 Å². The van der Waals surface area contributed by atoms with Crippen LogP contribution in [0.1, 0.15) is 43.5 Å². The maximum Gasteiger partial charge on any atom is 0.338 e. The topological polar surface area (TPSA) is 102 Å². The molecule has 1 fully saturated rings. The fourth-order valence-electron chi connectivity index (χ4n) is 3.05. The molecule has 1 amide bonds. The molecule has 1 heterocycles. The molecule has 28 heavy (non-hydrogen) atoms. The number of piperidine rings is 1. The van der Waals surface area contributed by atoms with Crippen molar-refractivity contribution in [2.24, 2.45) is 0 Å². The van der Waals surface area contributed by atoms with Crippen LogP contribution in [0.25, 0.3) is 0 Å². The van der Waals surface area contributed by atoms with E-state index in [-0.39, 0.29) is 16.5 Å². The lowest BCUT2D eigenvalue weighted by Crippen LogP contribution is -2.42. The molecule has 0 spiro atoms. The van der Waals surface area contributed by atoms with Gasteiger partial charge in [-0.05, 0) is 44.9 Å². The highest BCUT2D eigenvalue weighted by Crippen LogP contribution is 2.25. The molecule has 1 saturated heterocycles. The Bertz CT molecular complexity index is 795. The van der Waals surface area contributed by atoms with Crippen molar-refractivity contribution in [1.82, 2.24) is 9.62 Å². The van der Waals surface area contributed by atoms with E-state index in [2.05, 4.69) is 5.32 Å². The van der Waals surface area contributed by atoms with Crippen LogP contribution >= 0.6 is 0 Å². The largest absolute Gasteiger partial charge is 0.449 e. The first kappa shape index (κ1) is 22.3. The molecular weight excluding hydrogens is 384 g/mol. The van der Waals surface area contributed by atoms with Crippen LogP contribution in [0.2, 0.25) is 0 Å². The lowest BCUT2D eigenvalue weighted by atomic mass is 10.1. The molecule has 0 aromatic heterocycles. The second-order valence-corrected chi connectivity index (χ2v) is 8.71. The molecule has 1 N–H and O–H groups in total. The molecule has 1 aliphatic rings. The lowest BCUT2D eigenvalue weighted by molar-refractivity contribution is -0.129. The third-order valence-corrected chi connectivity index (χ3v) is 6.69. The van der Waals surface area contributed by atoms with Crippen LogP contribution in [-0.2, 0) is 24.3 Å². The summed E-state index contributed by atoms with van der Waals surface area (Å²) >= 11 is 0. The zero-order valence-electron chi connectivity index (χ0n) is 16.5. The third-order valence-electron chi connectivity index (χ3n) is 4.68. The highest BCUT2D eigenvalue weighted by molar-refractivity contribution is 7.89. The zero-order chi connectivity index (χ0) is 20.7. The molecule has 1 aliphatic heterocycles. The first-order valence-electron chi connectivity index (χ1n) is 9.37. The van der Waals surface area contributed by atoms with Gasteiger partial charge >= 0.3 is 5.97 Å². The van der Waals surface area contributed by atoms with E-state index in [1.807, 2.05) is 6.92 Å². The Morgan fingerprint density at radius 3 is 2.75 bits per heavy atom. The monoisotopic (exact) mass is 412 g/mol. The number of methoxy groups -OCH3 is 1. The molecule has 8 nitrogen and oxygen atoms in total. The average molecular weight is 413 g/mol. The number of benzene rings is 1. The van der Waals surface area contributed by atoms with Gasteiger partial charge in [0.15, 0.2) is 6.10 Å². The predicted molar refractivity (Wildman–Crippen MR) is 103 cm³/mol. The Balaban J connectivity index is 2.09. The first-order chi connectivity index (χ1) is 13.3. The molecule has 2 atom stereocenters. The Hall–Kier alpha value is -1.97. The van der Waals surface area contributed by atoms with Gasteiger partial charge in [0.2, 0.25) is 10.0 Å². The van der Waals surface area contributed by atoms with Crippen molar-refractivity contribution in [1.29, 1.82) is 0 Å². The highest BCUT2D eigenvalue weighted by atomic mass is 32.2. The van der Waals surface area contributed by atoms with Gasteiger partial charge in [0.1, 0.15) is 0 Å². The van der Waals surface area contributed by atoms with Gasteiger partial charge in [0.05, 0.1) is 17.1 Å². The van der Waals surface area contributed by atoms with Crippen molar-refractivity contribution in [3.63, 3.8) is 0 Å². The van der Waals surface area contributed by atoms with Crippen molar-refractivity contribution in [3.8, 4) is 0 Å². The molecular formula is C19H28N2O6S. The number of carbonyl (C=O) groups excluding carboxylic acids is 2. The summed E-state index contributed by atoms with van der Waals surface area (Å²) in [6, 6.07) is 5.66. The number of hydrogen-bond donors (Lipinski definition) is 1. The molecule has 0 unspecified atom stereocenters. The molecule has 0 aliphatic carbocycles. The summed E-state index contributed by atoms with van der Waals surface area (Å²) in [7, 11) is -2.18. The van der Waals surface area contributed by atoms with E-state index < -0.39 is 28.0 Å². The third kappa shape index (κ3) is 5.52. The number of nitrogens with one attached hydrogen (secondary N) is 1. The first-order valence-corrected chi connectivity index (χ1v) is 10.8. The van der Waals surface area contributed by atoms with E-state index in [0.717, 1.165) is 19.3 Å². The molecule has 9 heteroatoms. The normalized spacial score (nSPS) is 19.0. The molecule has 0 saturated carbocycles. The van der Waals surface area contributed by atoms with E-state index in [1.165, 1.54) is 42.6 Å². The van der Waals surface area contributed by atoms with Crippen molar-refractivity contribution in [3.05, 3.63) is 29.8 Å². The lowest BCUT2D eigenvalue weighted by Gasteiger charge is -2.32. The van der Waals surface area contributed by atoms with Gasteiger partial charge in [0, 0.05) is 26.2 Å². The predicted octanol–water partition coefficient (Wildman–Crippen LogP) is 1.56. The van der Waals surface area contributed by atoms with Gasteiger partial charge in [0.25, 0.3) is 5.91 Å². The summed E-state index contributed by atoms with van der Waals surface area (Å²) in [5, 5.41) is 2.58. The molecule has 1 aromatic carbocycles. The number of amides is 1. The minimum atomic E-state index is -3.69. The van der Waals surface area contributed by atoms with Gasteiger partial charge in [-0.3, -0.25) is 4.79 Å². The fraction of sp³-hybridized carbons (Fsp3) is 0.579. The highest BCUT2D eigenvalue weighted by Gasteiger charge is 2.31. The van der Waals surface area contributed by atoms with Crippen LogP contribution in [0.5, 0.6) is 0 Å². The van der Waals surface area contributed by atoms with Gasteiger partial charge in [-0.15, -0.1) is 0 Å². The number of esters is 1. The van der Waals surface area contributed by atoms with Crippen molar-refractivity contribution in [2.45, 2.75) is 50.2 Å². The minimum absolute atomic E-state index is 0.0490. The SMILES string of the molecule is COCCNC(=O)[C@H](C)OC(=O)c1cccc(S(=O)(=O)N2CCCC[C@H]2C)c1. The summed E-state index contributed by atoms with van der Waals surface area (Å²) in [6.07, 6.45) is 1.63. The second-order valence-electron chi connectivity index (χ2n) is 6.82. The van der Waals surface area contributed by atoms with E-state index in [0.29, 0.717) is 19.7 Å². The van der Waals surface area contributed by atoms with Gasteiger partial charge in [-0.2, -0.15) is 4.31 Å².